The Morgan fingerprint density at radius 3 is 2.77 bits per heavy atom. The van der Waals surface area contributed by atoms with Crippen LogP contribution in [0.4, 0.5) is 5.82 Å². The lowest BCUT2D eigenvalue weighted by atomic mass is 9.81. The minimum atomic E-state index is -0.326. The predicted molar refractivity (Wildman–Crippen MR) is 116 cm³/mol. The number of anilines is 1. The molecule has 2 atom stereocenters. The number of benzene rings is 1. The molecular formula is C24H28N4O2. The fraction of sp³-hybridized carbons (Fsp3) is 0.417. The summed E-state index contributed by atoms with van der Waals surface area (Å²) in [7, 11) is 0. The van der Waals surface area contributed by atoms with Crippen LogP contribution in [0.2, 0.25) is 0 Å². The number of imidazole rings is 1. The molecule has 1 aliphatic heterocycles. The Kier molecular flexibility index (Phi) is 5.27. The van der Waals surface area contributed by atoms with Crippen molar-refractivity contribution in [3.05, 3.63) is 66.2 Å². The Morgan fingerprint density at radius 2 is 1.93 bits per heavy atom. The molecule has 1 fully saturated rings. The molecule has 6 nitrogen and oxygen atoms in total. The first kappa shape index (κ1) is 19.3. The van der Waals surface area contributed by atoms with Gasteiger partial charge in [0.1, 0.15) is 5.82 Å². The van der Waals surface area contributed by atoms with E-state index in [4.69, 9.17) is 10.5 Å². The SMILES string of the molecule is Nc1cccc(CO[C@H]2CC[C@H](C(O)CC3c4ccccc4-c4cncn43)CC2)n1. The fourth-order valence-corrected chi connectivity index (χ4v) is 5.02. The lowest BCUT2D eigenvalue weighted by Crippen LogP contribution is -2.30. The molecule has 1 saturated carbocycles. The molecule has 0 amide bonds. The van der Waals surface area contributed by atoms with Crippen molar-refractivity contribution < 1.29 is 9.84 Å². The van der Waals surface area contributed by atoms with Gasteiger partial charge in [0.15, 0.2) is 0 Å². The van der Waals surface area contributed by atoms with Crippen LogP contribution >= 0.6 is 0 Å². The summed E-state index contributed by atoms with van der Waals surface area (Å²) in [5.41, 5.74) is 10.3. The van der Waals surface area contributed by atoms with E-state index in [9.17, 15) is 5.11 Å². The van der Waals surface area contributed by atoms with Crippen molar-refractivity contribution in [1.29, 1.82) is 0 Å². The van der Waals surface area contributed by atoms with Gasteiger partial charge in [0.2, 0.25) is 0 Å². The van der Waals surface area contributed by atoms with Crippen LogP contribution < -0.4 is 5.73 Å². The van der Waals surface area contributed by atoms with Crippen LogP contribution in [-0.2, 0) is 11.3 Å². The van der Waals surface area contributed by atoms with Crippen molar-refractivity contribution in [2.75, 3.05) is 5.73 Å². The van der Waals surface area contributed by atoms with Gasteiger partial charge in [-0.05, 0) is 55.7 Å². The van der Waals surface area contributed by atoms with E-state index in [1.54, 1.807) is 6.07 Å². The van der Waals surface area contributed by atoms with Crippen LogP contribution in [0.15, 0.2) is 55.0 Å². The number of pyridine rings is 1. The van der Waals surface area contributed by atoms with Crippen LogP contribution in [-0.4, -0.2) is 31.8 Å². The smallest absolute Gasteiger partial charge is 0.123 e. The van der Waals surface area contributed by atoms with Gasteiger partial charge < -0.3 is 20.1 Å². The van der Waals surface area contributed by atoms with E-state index in [0.29, 0.717) is 18.3 Å². The number of aliphatic hydroxyl groups excluding tert-OH is 1. The molecule has 2 unspecified atom stereocenters. The molecular weight excluding hydrogens is 376 g/mol. The molecule has 0 bridgehead atoms. The van der Waals surface area contributed by atoms with E-state index in [1.807, 2.05) is 24.7 Å². The summed E-state index contributed by atoms with van der Waals surface area (Å²) in [5.74, 6) is 0.840. The van der Waals surface area contributed by atoms with E-state index in [2.05, 4.69) is 38.8 Å². The molecule has 30 heavy (non-hydrogen) atoms. The van der Waals surface area contributed by atoms with Gasteiger partial charge >= 0.3 is 0 Å². The highest BCUT2D eigenvalue weighted by Crippen LogP contribution is 2.42. The average Bonchev–Trinajstić information content (AvgIpc) is 3.35. The summed E-state index contributed by atoms with van der Waals surface area (Å²) in [6.45, 7) is 0.491. The molecule has 3 aromatic rings. The zero-order chi connectivity index (χ0) is 20.5. The Hall–Kier alpha value is -2.70. The number of hydrogen-bond donors (Lipinski definition) is 2. The van der Waals surface area contributed by atoms with E-state index < -0.39 is 0 Å². The highest BCUT2D eigenvalue weighted by atomic mass is 16.5. The molecule has 2 aliphatic rings. The molecule has 5 rings (SSSR count). The van der Waals surface area contributed by atoms with Gasteiger partial charge in [-0.1, -0.05) is 30.3 Å². The topological polar surface area (TPSA) is 86.2 Å². The lowest BCUT2D eigenvalue weighted by Gasteiger charge is -2.32. The molecule has 6 heteroatoms. The van der Waals surface area contributed by atoms with Crippen molar-refractivity contribution in [2.24, 2.45) is 5.92 Å². The number of nitrogen functional groups attached to an aromatic ring is 1. The van der Waals surface area contributed by atoms with Gasteiger partial charge in [-0.25, -0.2) is 9.97 Å². The highest BCUT2D eigenvalue weighted by Gasteiger charge is 2.33. The summed E-state index contributed by atoms with van der Waals surface area (Å²) in [6.07, 6.45) is 8.36. The Labute approximate surface area is 176 Å². The maximum absolute atomic E-state index is 11.0. The van der Waals surface area contributed by atoms with Crippen LogP contribution in [0.25, 0.3) is 11.3 Å². The summed E-state index contributed by atoms with van der Waals surface area (Å²) in [4.78, 5) is 8.62. The second-order valence-electron chi connectivity index (χ2n) is 8.49. The highest BCUT2D eigenvalue weighted by molar-refractivity contribution is 5.68. The Morgan fingerprint density at radius 1 is 1.10 bits per heavy atom. The first-order valence-corrected chi connectivity index (χ1v) is 10.8. The van der Waals surface area contributed by atoms with Gasteiger partial charge in [-0.15, -0.1) is 0 Å². The Balaban J connectivity index is 1.16. The fourth-order valence-electron chi connectivity index (χ4n) is 5.02. The molecule has 3 N–H and O–H groups in total. The predicted octanol–water partition coefficient (Wildman–Crippen LogP) is 3.96. The van der Waals surface area contributed by atoms with Crippen molar-refractivity contribution in [3.8, 4) is 11.3 Å². The van der Waals surface area contributed by atoms with Crippen LogP contribution in [0, 0.1) is 5.92 Å². The zero-order valence-corrected chi connectivity index (χ0v) is 17.0. The average molecular weight is 405 g/mol. The first-order chi connectivity index (χ1) is 14.7. The quantitative estimate of drug-likeness (QED) is 0.649. The molecule has 0 radical (unpaired) electrons. The van der Waals surface area contributed by atoms with Crippen molar-refractivity contribution >= 4 is 5.82 Å². The summed E-state index contributed by atoms with van der Waals surface area (Å²) in [5, 5.41) is 11.0. The Bertz CT molecular complexity index is 1010. The second kappa shape index (κ2) is 8.20. The van der Waals surface area contributed by atoms with Crippen LogP contribution in [0.5, 0.6) is 0 Å². The number of fused-ring (bicyclic) bond motifs is 3. The third kappa shape index (κ3) is 3.73. The molecule has 0 saturated heterocycles. The molecule has 2 aromatic heterocycles. The van der Waals surface area contributed by atoms with Gasteiger partial charge in [0, 0.05) is 5.56 Å². The van der Waals surface area contributed by atoms with Gasteiger partial charge in [-0.2, -0.15) is 0 Å². The van der Waals surface area contributed by atoms with Crippen LogP contribution in [0.1, 0.15) is 49.4 Å². The van der Waals surface area contributed by atoms with Crippen molar-refractivity contribution in [3.63, 3.8) is 0 Å². The summed E-state index contributed by atoms with van der Waals surface area (Å²) < 4.78 is 8.27. The number of rotatable bonds is 6. The van der Waals surface area contributed by atoms with E-state index >= 15 is 0 Å². The minimum Gasteiger partial charge on any atom is -0.393 e. The van der Waals surface area contributed by atoms with E-state index in [1.165, 1.54) is 11.1 Å². The minimum absolute atomic E-state index is 0.164. The molecule has 0 spiro atoms. The maximum Gasteiger partial charge on any atom is 0.123 e. The summed E-state index contributed by atoms with van der Waals surface area (Å²) >= 11 is 0. The van der Waals surface area contributed by atoms with Crippen molar-refractivity contribution in [1.82, 2.24) is 14.5 Å². The number of nitrogens with two attached hydrogens (primary N) is 1. The number of aliphatic hydroxyl groups is 1. The second-order valence-corrected chi connectivity index (χ2v) is 8.49. The molecule has 156 valence electrons. The van der Waals surface area contributed by atoms with E-state index in [-0.39, 0.29) is 18.2 Å². The standard InChI is InChI=1S/C24H28N4O2/c25-24-7-3-4-17(27-24)14-30-18-10-8-16(9-11-18)23(29)12-21-19-5-1-2-6-20(19)22-13-26-15-28(21)22/h1-7,13,15-16,18,21,23,29H,8-12,14H2,(H2,25,27)/t16-,18-,21?,23?. The summed E-state index contributed by atoms with van der Waals surface area (Å²) in [6, 6.07) is 14.3. The van der Waals surface area contributed by atoms with Gasteiger partial charge in [-0.3, -0.25) is 0 Å². The third-order valence-corrected chi connectivity index (χ3v) is 6.62. The molecule has 3 heterocycles. The number of ether oxygens (including phenoxy) is 1. The van der Waals surface area contributed by atoms with Gasteiger partial charge in [0.05, 0.1) is 48.8 Å². The monoisotopic (exact) mass is 404 g/mol. The zero-order valence-electron chi connectivity index (χ0n) is 17.0. The van der Waals surface area contributed by atoms with Gasteiger partial charge in [0.25, 0.3) is 0 Å². The third-order valence-electron chi connectivity index (χ3n) is 6.62. The van der Waals surface area contributed by atoms with Crippen LogP contribution in [0.3, 0.4) is 0 Å². The molecule has 1 aromatic carbocycles. The number of nitrogens with zero attached hydrogens (tertiary/aromatic N) is 3. The lowest BCUT2D eigenvalue weighted by molar-refractivity contribution is -0.0169. The number of hydrogen-bond acceptors (Lipinski definition) is 5. The normalized spacial score (nSPS) is 23.7. The molecule has 1 aliphatic carbocycles. The van der Waals surface area contributed by atoms with E-state index in [0.717, 1.165) is 43.5 Å². The first-order valence-electron chi connectivity index (χ1n) is 10.8. The number of aromatic nitrogens is 3. The maximum atomic E-state index is 11.0. The van der Waals surface area contributed by atoms with Crippen molar-refractivity contribution in [2.45, 2.75) is 57.0 Å². The largest absolute Gasteiger partial charge is 0.393 e.